The molecule has 5 rings (SSSR count). The minimum absolute atomic E-state index is 0.266. The summed E-state index contributed by atoms with van der Waals surface area (Å²) in [7, 11) is -3.91. The van der Waals surface area contributed by atoms with Crippen molar-refractivity contribution in [2.24, 2.45) is 0 Å². The molecule has 2 aromatic heterocycles. The number of thiazole rings is 1. The van der Waals surface area contributed by atoms with Crippen LogP contribution in [-0.2, 0) is 10.0 Å². The van der Waals surface area contributed by atoms with Gasteiger partial charge in [-0.3, -0.25) is 0 Å². The fourth-order valence-corrected chi connectivity index (χ4v) is 6.17. The molecule has 186 valence electrons. The van der Waals surface area contributed by atoms with E-state index < -0.39 is 15.8 Å². The van der Waals surface area contributed by atoms with E-state index in [-0.39, 0.29) is 10.8 Å². The number of aromatic nitrogens is 3. The summed E-state index contributed by atoms with van der Waals surface area (Å²) in [6, 6.07) is 9.81. The molecule has 4 aromatic rings. The van der Waals surface area contributed by atoms with Crippen LogP contribution >= 0.6 is 11.3 Å². The Morgan fingerprint density at radius 2 is 1.86 bits per heavy atom. The third kappa shape index (κ3) is 5.36. The number of hydrogen-bond donors (Lipinski definition) is 3. The summed E-state index contributed by atoms with van der Waals surface area (Å²) < 4.78 is 42.9. The van der Waals surface area contributed by atoms with Gasteiger partial charge in [0, 0.05) is 43.3 Å². The smallest absolute Gasteiger partial charge is 0.246 e. The van der Waals surface area contributed by atoms with Gasteiger partial charge in [-0.05, 0) is 48.9 Å². The van der Waals surface area contributed by atoms with Crippen molar-refractivity contribution in [3.05, 3.63) is 65.7 Å². The molecule has 1 aliphatic heterocycles. The summed E-state index contributed by atoms with van der Waals surface area (Å²) in [4.78, 5) is 12.5. The Hall–Kier alpha value is -3.45. The highest BCUT2D eigenvalue weighted by molar-refractivity contribution is 7.89. The molecular formula is C24H24FN7O2S2. The molecule has 0 spiro atoms. The Kier molecular flexibility index (Phi) is 6.92. The van der Waals surface area contributed by atoms with Gasteiger partial charge in [-0.1, -0.05) is 29.6 Å². The Bertz CT molecular complexity index is 1510. The monoisotopic (exact) mass is 525 g/mol. The standard InChI is InChI=1S/C24H24FN7O2S2/c25-19-13-18(5-7-22(19)36(33,34)32-10-1-8-27-9-11-32)30-24-28-14-17(15-29-24)3-2-16-4-6-20-21(12-16)35-23(26)31-20/h2-7,12-15,27H,1,8-11H2,(H2,26,31)(H,28,29,30). The zero-order chi connectivity index (χ0) is 25.1. The predicted molar refractivity (Wildman–Crippen MR) is 141 cm³/mol. The third-order valence-electron chi connectivity index (χ3n) is 5.67. The number of nitrogens with zero attached hydrogens (tertiary/aromatic N) is 4. The minimum atomic E-state index is -3.91. The molecule has 0 atom stereocenters. The summed E-state index contributed by atoms with van der Waals surface area (Å²) in [5, 5.41) is 6.60. The zero-order valence-electron chi connectivity index (χ0n) is 19.2. The fourth-order valence-electron chi connectivity index (χ4n) is 3.86. The van der Waals surface area contributed by atoms with Crippen LogP contribution in [-0.4, -0.2) is 53.9 Å². The van der Waals surface area contributed by atoms with E-state index in [4.69, 9.17) is 5.73 Å². The van der Waals surface area contributed by atoms with Crippen molar-refractivity contribution in [2.45, 2.75) is 11.3 Å². The lowest BCUT2D eigenvalue weighted by Crippen LogP contribution is -2.34. The van der Waals surface area contributed by atoms with Gasteiger partial charge in [-0.15, -0.1) is 0 Å². The molecule has 0 aliphatic carbocycles. The zero-order valence-corrected chi connectivity index (χ0v) is 20.8. The van der Waals surface area contributed by atoms with Crippen molar-refractivity contribution in [1.82, 2.24) is 24.6 Å². The van der Waals surface area contributed by atoms with Crippen molar-refractivity contribution < 1.29 is 12.8 Å². The van der Waals surface area contributed by atoms with Crippen LogP contribution in [0.5, 0.6) is 0 Å². The largest absolute Gasteiger partial charge is 0.375 e. The molecular weight excluding hydrogens is 501 g/mol. The van der Waals surface area contributed by atoms with Gasteiger partial charge in [0.1, 0.15) is 10.7 Å². The lowest BCUT2D eigenvalue weighted by atomic mass is 10.2. The number of rotatable bonds is 6. The van der Waals surface area contributed by atoms with Crippen molar-refractivity contribution >= 4 is 60.5 Å². The van der Waals surface area contributed by atoms with Crippen molar-refractivity contribution in [3.63, 3.8) is 0 Å². The normalized spacial score (nSPS) is 15.4. The number of nitrogen functional groups attached to an aromatic ring is 1. The number of nitrogens with two attached hydrogens (primary N) is 1. The molecule has 1 fully saturated rings. The van der Waals surface area contributed by atoms with Gasteiger partial charge in [-0.2, -0.15) is 4.31 Å². The summed E-state index contributed by atoms with van der Waals surface area (Å²) in [6.07, 6.45) is 7.78. The second-order valence-corrected chi connectivity index (χ2v) is 11.2. The van der Waals surface area contributed by atoms with E-state index in [0.717, 1.165) is 34.0 Å². The lowest BCUT2D eigenvalue weighted by Gasteiger charge is -2.20. The van der Waals surface area contributed by atoms with Crippen molar-refractivity contribution in [1.29, 1.82) is 0 Å². The average molecular weight is 526 g/mol. The van der Waals surface area contributed by atoms with E-state index >= 15 is 0 Å². The van der Waals surface area contributed by atoms with Gasteiger partial charge in [0.2, 0.25) is 16.0 Å². The molecule has 12 heteroatoms. The molecule has 0 unspecified atom stereocenters. The molecule has 9 nitrogen and oxygen atoms in total. The number of nitrogens with one attached hydrogen (secondary N) is 2. The van der Waals surface area contributed by atoms with Gasteiger partial charge in [0.25, 0.3) is 0 Å². The van der Waals surface area contributed by atoms with Crippen LogP contribution < -0.4 is 16.4 Å². The maximum absolute atomic E-state index is 14.8. The van der Waals surface area contributed by atoms with Crippen LogP contribution in [0.15, 0.2) is 53.7 Å². The van der Waals surface area contributed by atoms with E-state index in [9.17, 15) is 12.8 Å². The Balaban J connectivity index is 1.26. The molecule has 0 bridgehead atoms. The summed E-state index contributed by atoms with van der Waals surface area (Å²) in [5.74, 6) is -0.557. The molecule has 36 heavy (non-hydrogen) atoms. The quantitative estimate of drug-likeness (QED) is 0.348. The van der Waals surface area contributed by atoms with E-state index in [2.05, 4.69) is 25.6 Å². The van der Waals surface area contributed by atoms with E-state index in [1.165, 1.54) is 27.8 Å². The average Bonchev–Trinajstić information content (AvgIpc) is 3.04. The number of halogens is 1. The highest BCUT2D eigenvalue weighted by atomic mass is 32.2. The molecule has 2 aromatic carbocycles. The van der Waals surface area contributed by atoms with Gasteiger partial charge < -0.3 is 16.4 Å². The highest BCUT2D eigenvalue weighted by Gasteiger charge is 2.28. The number of benzene rings is 2. The first-order valence-electron chi connectivity index (χ1n) is 11.3. The van der Waals surface area contributed by atoms with E-state index in [1.54, 1.807) is 12.4 Å². The Morgan fingerprint density at radius 1 is 1.06 bits per heavy atom. The topological polar surface area (TPSA) is 126 Å². The number of hydrogen-bond acceptors (Lipinski definition) is 9. The highest BCUT2D eigenvalue weighted by Crippen LogP contribution is 2.26. The second kappa shape index (κ2) is 10.3. The molecule has 1 aliphatic rings. The Labute approximate surface area is 212 Å². The van der Waals surface area contributed by atoms with E-state index in [1.807, 2.05) is 30.4 Å². The molecule has 0 amide bonds. The maximum atomic E-state index is 14.8. The van der Waals surface area contributed by atoms with Crippen molar-refractivity contribution in [3.8, 4) is 0 Å². The van der Waals surface area contributed by atoms with Crippen molar-refractivity contribution in [2.75, 3.05) is 37.2 Å². The first kappa shape index (κ1) is 24.3. The van der Waals surface area contributed by atoms with Gasteiger partial charge in [0.15, 0.2) is 5.13 Å². The number of sulfonamides is 1. The van der Waals surface area contributed by atoms with E-state index in [0.29, 0.717) is 36.9 Å². The summed E-state index contributed by atoms with van der Waals surface area (Å²) in [6.45, 7) is 1.95. The second-order valence-electron chi connectivity index (χ2n) is 8.23. The van der Waals surface area contributed by atoms with Crippen LogP contribution in [0, 0.1) is 5.82 Å². The number of anilines is 3. The molecule has 3 heterocycles. The molecule has 1 saturated heterocycles. The fraction of sp³-hybridized carbons (Fsp3) is 0.208. The molecule has 4 N–H and O–H groups in total. The molecule has 0 radical (unpaired) electrons. The first-order chi connectivity index (χ1) is 17.4. The van der Waals surface area contributed by atoms with Crippen LogP contribution in [0.3, 0.4) is 0 Å². The van der Waals surface area contributed by atoms with Gasteiger partial charge >= 0.3 is 0 Å². The first-order valence-corrected chi connectivity index (χ1v) is 13.6. The lowest BCUT2D eigenvalue weighted by molar-refractivity contribution is 0.427. The summed E-state index contributed by atoms with van der Waals surface area (Å²) >= 11 is 1.44. The van der Waals surface area contributed by atoms with Crippen LogP contribution in [0.4, 0.5) is 21.2 Å². The molecule has 0 saturated carbocycles. The minimum Gasteiger partial charge on any atom is -0.375 e. The van der Waals surface area contributed by atoms with Gasteiger partial charge in [0.05, 0.1) is 10.2 Å². The Morgan fingerprint density at radius 3 is 2.67 bits per heavy atom. The summed E-state index contributed by atoms with van der Waals surface area (Å²) in [5.41, 5.74) is 8.76. The maximum Gasteiger partial charge on any atom is 0.246 e. The third-order valence-corrected chi connectivity index (χ3v) is 8.45. The van der Waals surface area contributed by atoms with Crippen LogP contribution in [0.25, 0.3) is 22.4 Å². The predicted octanol–water partition coefficient (Wildman–Crippen LogP) is 3.71. The van der Waals surface area contributed by atoms with Crippen LogP contribution in [0.2, 0.25) is 0 Å². The SMILES string of the molecule is Nc1nc2ccc(C=Cc3cnc(Nc4ccc(S(=O)(=O)N5CCCNCC5)c(F)c4)nc3)cc2s1. The van der Waals surface area contributed by atoms with Gasteiger partial charge in [-0.25, -0.2) is 27.8 Å². The number of fused-ring (bicyclic) bond motifs is 1. The van der Waals surface area contributed by atoms with Crippen LogP contribution in [0.1, 0.15) is 17.5 Å².